The van der Waals surface area contributed by atoms with E-state index >= 15 is 0 Å². The van der Waals surface area contributed by atoms with Crippen LogP contribution in [0.5, 0.6) is 0 Å². The highest BCUT2D eigenvalue weighted by Gasteiger charge is 2.05. The number of benzene rings is 1. The smallest absolute Gasteiger partial charge is 0.0705 e. The minimum Gasteiger partial charge on any atom is -0.327 e. The van der Waals surface area contributed by atoms with Gasteiger partial charge in [-0.3, -0.25) is 4.98 Å². The summed E-state index contributed by atoms with van der Waals surface area (Å²) in [4.78, 5) is 4.64. The molecule has 1 aromatic carbocycles. The quantitative estimate of drug-likeness (QED) is 0.852. The molecule has 2 heteroatoms. The predicted octanol–water partition coefficient (Wildman–Crippen LogP) is 3.29. The van der Waals surface area contributed by atoms with E-state index in [2.05, 4.69) is 36.2 Å². The molecule has 1 atom stereocenters. The van der Waals surface area contributed by atoms with E-state index in [1.165, 1.54) is 18.2 Å². The number of para-hydroxylation sites is 1. The molecule has 17 heavy (non-hydrogen) atoms. The number of pyridine rings is 1. The standard InChI is InChI=1S/C15H20N2/c1-2-3-7-13(16)11-14-10-9-12-6-4-5-8-15(12)17-14/h4-6,8-10,13H,2-3,7,11,16H2,1H3. The summed E-state index contributed by atoms with van der Waals surface area (Å²) in [5, 5.41) is 1.19. The molecule has 2 rings (SSSR count). The molecule has 0 saturated heterocycles. The summed E-state index contributed by atoms with van der Waals surface area (Å²) in [6, 6.07) is 12.7. The minimum atomic E-state index is 0.239. The third kappa shape index (κ3) is 3.27. The zero-order chi connectivity index (χ0) is 12.1. The van der Waals surface area contributed by atoms with Crippen molar-refractivity contribution in [1.82, 2.24) is 4.98 Å². The Kier molecular flexibility index (Phi) is 4.10. The molecular formula is C15H20N2. The maximum Gasteiger partial charge on any atom is 0.0705 e. The number of nitrogens with two attached hydrogens (primary N) is 1. The number of hydrogen-bond donors (Lipinski definition) is 1. The fourth-order valence-corrected chi connectivity index (χ4v) is 2.06. The predicted molar refractivity (Wildman–Crippen MR) is 72.9 cm³/mol. The third-order valence-corrected chi connectivity index (χ3v) is 3.06. The Bertz CT molecular complexity index is 479. The first-order valence-electron chi connectivity index (χ1n) is 6.40. The first-order chi connectivity index (χ1) is 8.29. The van der Waals surface area contributed by atoms with E-state index in [0.29, 0.717) is 0 Å². The van der Waals surface area contributed by atoms with Crippen LogP contribution in [0, 0.1) is 0 Å². The Morgan fingerprint density at radius 2 is 2.00 bits per heavy atom. The van der Waals surface area contributed by atoms with Crippen molar-refractivity contribution in [1.29, 1.82) is 0 Å². The van der Waals surface area contributed by atoms with Gasteiger partial charge in [0.25, 0.3) is 0 Å². The van der Waals surface area contributed by atoms with Crippen molar-refractivity contribution in [3.05, 3.63) is 42.1 Å². The SMILES string of the molecule is CCCCC(N)Cc1ccc2ccccc2n1. The summed E-state index contributed by atoms with van der Waals surface area (Å²) < 4.78 is 0. The number of hydrogen-bond acceptors (Lipinski definition) is 2. The Balaban J connectivity index is 2.08. The highest BCUT2D eigenvalue weighted by molar-refractivity contribution is 5.78. The maximum absolute atomic E-state index is 6.10. The Morgan fingerprint density at radius 1 is 1.18 bits per heavy atom. The van der Waals surface area contributed by atoms with Crippen LogP contribution >= 0.6 is 0 Å². The van der Waals surface area contributed by atoms with Gasteiger partial charge in [0.05, 0.1) is 5.52 Å². The fraction of sp³-hybridized carbons (Fsp3) is 0.400. The molecule has 0 bridgehead atoms. The number of fused-ring (bicyclic) bond motifs is 1. The van der Waals surface area contributed by atoms with Gasteiger partial charge in [0.2, 0.25) is 0 Å². The third-order valence-electron chi connectivity index (χ3n) is 3.06. The van der Waals surface area contributed by atoms with Gasteiger partial charge in [-0.2, -0.15) is 0 Å². The summed E-state index contributed by atoms with van der Waals surface area (Å²) >= 11 is 0. The first-order valence-corrected chi connectivity index (χ1v) is 6.40. The minimum absolute atomic E-state index is 0.239. The molecule has 0 aliphatic rings. The van der Waals surface area contributed by atoms with E-state index in [0.717, 1.165) is 24.1 Å². The van der Waals surface area contributed by atoms with Crippen LogP contribution in [0.4, 0.5) is 0 Å². The van der Waals surface area contributed by atoms with Crippen LogP contribution in [0.25, 0.3) is 10.9 Å². The Hall–Kier alpha value is -1.41. The lowest BCUT2D eigenvalue weighted by Gasteiger charge is -2.10. The zero-order valence-electron chi connectivity index (χ0n) is 10.4. The average Bonchev–Trinajstić information content (AvgIpc) is 2.36. The van der Waals surface area contributed by atoms with Crippen LogP contribution in [0.15, 0.2) is 36.4 Å². The van der Waals surface area contributed by atoms with Crippen molar-refractivity contribution in [2.24, 2.45) is 5.73 Å². The molecule has 1 unspecified atom stereocenters. The fourth-order valence-electron chi connectivity index (χ4n) is 2.06. The van der Waals surface area contributed by atoms with Crippen LogP contribution in [0.1, 0.15) is 31.9 Å². The van der Waals surface area contributed by atoms with Gasteiger partial charge in [-0.15, -0.1) is 0 Å². The number of unbranched alkanes of at least 4 members (excludes halogenated alkanes) is 1. The molecule has 0 radical (unpaired) electrons. The molecule has 0 fully saturated rings. The van der Waals surface area contributed by atoms with E-state index in [1.54, 1.807) is 0 Å². The van der Waals surface area contributed by atoms with Crippen LogP contribution in [-0.2, 0) is 6.42 Å². The molecular weight excluding hydrogens is 208 g/mol. The molecule has 2 N–H and O–H groups in total. The van der Waals surface area contributed by atoms with Crippen molar-refractivity contribution in [2.75, 3.05) is 0 Å². The Morgan fingerprint density at radius 3 is 2.82 bits per heavy atom. The largest absolute Gasteiger partial charge is 0.327 e. The first kappa shape index (κ1) is 12.1. The molecule has 2 aromatic rings. The van der Waals surface area contributed by atoms with Gasteiger partial charge in [0, 0.05) is 23.5 Å². The van der Waals surface area contributed by atoms with Crippen molar-refractivity contribution >= 4 is 10.9 Å². The summed E-state index contributed by atoms with van der Waals surface area (Å²) in [7, 11) is 0. The second-order valence-electron chi connectivity index (χ2n) is 4.60. The van der Waals surface area contributed by atoms with E-state index < -0.39 is 0 Å². The van der Waals surface area contributed by atoms with E-state index in [9.17, 15) is 0 Å². The lowest BCUT2D eigenvalue weighted by atomic mass is 10.0. The summed E-state index contributed by atoms with van der Waals surface area (Å²) in [5.74, 6) is 0. The highest BCUT2D eigenvalue weighted by Crippen LogP contribution is 2.13. The van der Waals surface area contributed by atoms with Gasteiger partial charge in [-0.25, -0.2) is 0 Å². The van der Waals surface area contributed by atoms with Crippen LogP contribution in [0.2, 0.25) is 0 Å². The van der Waals surface area contributed by atoms with Gasteiger partial charge in [-0.1, -0.05) is 44.0 Å². The van der Waals surface area contributed by atoms with Crippen LogP contribution in [0.3, 0.4) is 0 Å². The number of nitrogens with zero attached hydrogens (tertiary/aromatic N) is 1. The molecule has 2 nitrogen and oxygen atoms in total. The summed E-state index contributed by atoms with van der Waals surface area (Å²) in [5.41, 5.74) is 8.26. The van der Waals surface area contributed by atoms with Gasteiger partial charge in [0.1, 0.15) is 0 Å². The van der Waals surface area contributed by atoms with Gasteiger partial charge < -0.3 is 5.73 Å². The lowest BCUT2D eigenvalue weighted by molar-refractivity contribution is 0.569. The van der Waals surface area contributed by atoms with E-state index in [-0.39, 0.29) is 6.04 Å². The van der Waals surface area contributed by atoms with Crippen molar-refractivity contribution < 1.29 is 0 Å². The highest BCUT2D eigenvalue weighted by atomic mass is 14.7. The topological polar surface area (TPSA) is 38.9 Å². The second kappa shape index (κ2) is 5.78. The molecule has 1 heterocycles. The maximum atomic E-state index is 6.10. The molecule has 0 saturated carbocycles. The number of aromatic nitrogens is 1. The molecule has 0 spiro atoms. The molecule has 1 aromatic heterocycles. The molecule has 0 aliphatic heterocycles. The summed E-state index contributed by atoms with van der Waals surface area (Å²) in [6.45, 7) is 2.20. The van der Waals surface area contributed by atoms with Crippen LogP contribution < -0.4 is 5.73 Å². The second-order valence-corrected chi connectivity index (χ2v) is 4.60. The van der Waals surface area contributed by atoms with Crippen molar-refractivity contribution in [2.45, 2.75) is 38.6 Å². The zero-order valence-corrected chi connectivity index (χ0v) is 10.4. The van der Waals surface area contributed by atoms with Crippen molar-refractivity contribution in [3.8, 4) is 0 Å². The van der Waals surface area contributed by atoms with Gasteiger partial charge >= 0.3 is 0 Å². The molecule has 0 amide bonds. The normalized spacial score (nSPS) is 12.8. The monoisotopic (exact) mass is 228 g/mol. The lowest BCUT2D eigenvalue weighted by Crippen LogP contribution is -2.23. The van der Waals surface area contributed by atoms with Crippen molar-refractivity contribution in [3.63, 3.8) is 0 Å². The van der Waals surface area contributed by atoms with E-state index in [1.807, 2.05) is 12.1 Å². The van der Waals surface area contributed by atoms with Crippen LogP contribution in [-0.4, -0.2) is 11.0 Å². The molecule has 0 aliphatic carbocycles. The van der Waals surface area contributed by atoms with E-state index in [4.69, 9.17) is 5.73 Å². The van der Waals surface area contributed by atoms with Gasteiger partial charge in [0.15, 0.2) is 0 Å². The number of rotatable bonds is 5. The molecule has 90 valence electrons. The average molecular weight is 228 g/mol. The van der Waals surface area contributed by atoms with Gasteiger partial charge in [-0.05, 0) is 18.6 Å². The summed E-state index contributed by atoms with van der Waals surface area (Å²) in [6.07, 6.45) is 4.38. The Labute approximate surface area is 103 Å².